The molecule has 0 fully saturated rings. The van der Waals surface area contributed by atoms with Crippen molar-refractivity contribution in [2.75, 3.05) is 0 Å². The van der Waals surface area contributed by atoms with Gasteiger partial charge in [0.2, 0.25) is 0 Å². The van der Waals surface area contributed by atoms with Gasteiger partial charge in [-0.1, -0.05) is 11.6 Å². The standard InChI is InChI=1S/C10H10ClFO4/c1-4-2-7(12)5(3-6(4)11)8(13)9(14)10(15)16/h2-3,8-9,13-14H,1H3,(H,15,16). The van der Waals surface area contributed by atoms with E-state index in [1.165, 1.54) is 0 Å². The van der Waals surface area contributed by atoms with E-state index in [1.807, 2.05) is 0 Å². The van der Waals surface area contributed by atoms with E-state index in [-0.39, 0.29) is 10.6 Å². The van der Waals surface area contributed by atoms with Gasteiger partial charge in [0.05, 0.1) is 0 Å². The van der Waals surface area contributed by atoms with Crippen LogP contribution < -0.4 is 0 Å². The Morgan fingerprint density at radius 3 is 2.50 bits per heavy atom. The quantitative estimate of drug-likeness (QED) is 0.753. The summed E-state index contributed by atoms with van der Waals surface area (Å²) in [5, 5.41) is 27.2. The molecule has 2 unspecified atom stereocenters. The molecule has 0 radical (unpaired) electrons. The molecule has 0 bridgehead atoms. The maximum absolute atomic E-state index is 13.4. The summed E-state index contributed by atoms with van der Waals surface area (Å²) in [5.74, 6) is -2.45. The van der Waals surface area contributed by atoms with E-state index in [1.54, 1.807) is 6.92 Å². The summed E-state index contributed by atoms with van der Waals surface area (Å²) >= 11 is 5.71. The van der Waals surface area contributed by atoms with Gasteiger partial charge in [0.15, 0.2) is 6.10 Å². The van der Waals surface area contributed by atoms with Crippen molar-refractivity contribution in [2.24, 2.45) is 0 Å². The molecule has 1 aromatic rings. The van der Waals surface area contributed by atoms with Crippen molar-refractivity contribution >= 4 is 17.6 Å². The first kappa shape index (κ1) is 12.9. The molecule has 1 aromatic carbocycles. The first-order chi connectivity index (χ1) is 7.34. The van der Waals surface area contributed by atoms with Crippen molar-refractivity contribution in [1.82, 2.24) is 0 Å². The Balaban J connectivity index is 3.13. The molecule has 0 amide bonds. The number of carbonyl (C=O) groups is 1. The van der Waals surface area contributed by atoms with Crippen LogP contribution in [0.25, 0.3) is 0 Å². The number of aliphatic hydroxyl groups excluding tert-OH is 2. The van der Waals surface area contributed by atoms with Crippen molar-refractivity contribution in [2.45, 2.75) is 19.1 Å². The zero-order valence-electron chi connectivity index (χ0n) is 8.32. The number of carboxylic acids is 1. The fourth-order valence-electron chi connectivity index (χ4n) is 1.19. The van der Waals surface area contributed by atoms with Crippen molar-refractivity contribution < 1.29 is 24.5 Å². The highest BCUT2D eigenvalue weighted by atomic mass is 35.5. The fraction of sp³-hybridized carbons (Fsp3) is 0.300. The number of aryl methyl sites for hydroxylation is 1. The lowest BCUT2D eigenvalue weighted by molar-refractivity contribution is -0.153. The van der Waals surface area contributed by atoms with Crippen LogP contribution in [0.5, 0.6) is 0 Å². The van der Waals surface area contributed by atoms with Gasteiger partial charge in [-0.25, -0.2) is 9.18 Å². The number of halogens is 2. The number of rotatable bonds is 3. The summed E-state index contributed by atoms with van der Waals surface area (Å²) in [5.41, 5.74) is 0.116. The molecular formula is C10H10ClFO4. The number of carboxylic acid groups (broad SMARTS) is 1. The van der Waals surface area contributed by atoms with E-state index < -0.39 is 24.0 Å². The average molecular weight is 249 g/mol. The van der Waals surface area contributed by atoms with E-state index in [4.69, 9.17) is 21.8 Å². The normalized spacial score (nSPS) is 14.6. The number of hydrogen-bond acceptors (Lipinski definition) is 3. The van der Waals surface area contributed by atoms with Crippen LogP contribution in [-0.4, -0.2) is 27.4 Å². The average Bonchev–Trinajstić information content (AvgIpc) is 2.21. The Labute approximate surface area is 95.9 Å². The highest BCUT2D eigenvalue weighted by Crippen LogP contribution is 2.26. The van der Waals surface area contributed by atoms with Gasteiger partial charge >= 0.3 is 5.97 Å². The molecule has 3 N–H and O–H groups in total. The van der Waals surface area contributed by atoms with Gasteiger partial charge in [0.25, 0.3) is 0 Å². The minimum absolute atomic E-state index is 0.188. The van der Waals surface area contributed by atoms with Gasteiger partial charge in [0.1, 0.15) is 11.9 Å². The summed E-state index contributed by atoms with van der Waals surface area (Å²) < 4.78 is 13.4. The maximum Gasteiger partial charge on any atom is 0.335 e. The molecule has 1 rings (SSSR count). The lowest BCUT2D eigenvalue weighted by atomic mass is 10.0. The zero-order valence-corrected chi connectivity index (χ0v) is 9.07. The Morgan fingerprint density at radius 2 is 2.00 bits per heavy atom. The van der Waals surface area contributed by atoms with Gasteiger partial charge in [-0.15, -0.1) is 0 Å². The first-order valence-electron chi connectivity index (χ1n) is 4.39. The molecule has 0 heterocycles. The van der Waals surface area contributed by atoms with E-state index in [2.05, 4.69) is 0 Å². The molecule has 16 heavy (non-hydrogen) atoms. The molecule has 0 aromatic heterocycles. The van der Waals surface area contributed by atoms with Crippen LogP contribution in [-0.2, 0) is 4.79 Å². The third-order valence-electron chi connectivity index (χ3n) is 2.15. The topological polar surface area (TPSA) is 77.8 Å². The molecule has 0 spiro atoms. The molecular weight excluding hydrogens is 239 g/mol. The molecule has 0 aliphatic rings. The molecule has 2 atom stereocenters. The Kier molecular flexibility index (Phi) is 3.85. The summed E-state index contributed by atoms with van der Waals surface area (Å²) in [6, 6.07) is 2.17. The number of hydrogen-bond donors (Lipinski definition) is 3. The lowest BCUT2D eigenvalue weighted by Gasteiger charge is -2.15. The number of aliphatic carboxylic acids is 1. The molecule has 4 nitrogen and oxygen atoms in total. The summed E-state index contributed by atoms with van der Waals surface area (Å²) in [6.45, 7) is 1.56. The van der Waals surface area contributed by atoms with E-state index >= 15 is 0 Å². The molecule has 0 saturated carbocycles. The summed E-state index contributed by atoms with van der Waals surface area (Å²) in [4.78, 5) is 10.4. The SMILES string of the molecule is Cc1cc(F)c(C(O)C(O)C(=O)O)cc1Cl. The van der Waals surface area contributed by atoms with Gasteiger partial charge in [0, 0.05) is 10.6 Å². The van der Waals surface area contributed by atoms with Gasteiger partial charge < -0.3 is 15.3 Å². The fourth-order valence-corrected chi connectivity index (χ4v) is 1.37. The Bertz CT molecular complexity index is 422. The molecule has 6 heteroatoms. The van der Waals surface area contributed by atoms with Crippen molar-refractivity contribution in [3.8, 4) is 0 Å². The van der Waals surface area contributed by atoms with Gasteiger partial charge in [-0.2, -0.15) is 0 Å². The highest BCUT2D eigenvalue weighted by Gasteiger charge is 2.27. The number of benzene rings is 1. The second kappa shape index (κ2) is 4.78. The minimum Gasteiger partial charge on any atom is -0.479 e. The van der Waals surface area contributed by atoms with E-state index in [9.17, 15) is 14.3 Å². The van der Waals surface area contributed by atoms with Gasteiger partial charge in [-0.3, -0.25) is 0 Å². The smallest absolute Gasteiger partial charge is 0.335 e. The Hall–Kier alpha value is -1.17. The van der Waals surface area contributed by atoms with Crippen LogP contribution in [0.3, 0.4) is 0 Å². The van der Waals surface area contributed by atoms with Crippen LogP contribution in [0.1, 0.15) is 17.2 Å². The maximum atomic E-state index is 13.4. The van der Waals surface area contributed by atoms with Crippen LogP contribution >= 0.6 is 11.6 Å². The first-order valence-corrected chi connectivity index (χ1v) is 4.77. The molecule has 0 aliphatic carbocycles. The van der Waals surface area contributed by atoms with Gasteiger partial charge in [-0.05, 0) is 24.6 Å². The molecule has 0 aliphatic heterocycles. The summed E-state index contributed by atoms with van der Waals surface area (Å²) in [7, 11) is 0. The van der Waals surface area contributed by atoms with Crippen molar-refractivity contribution in [3.63, 3.8) is 0 Å². The third-order valence-corrected chi connectivity index (χ3v) is 2.56. The predicted molar refractivity (Wildman–Crippen MR) is 54.7 cm³/mol. The second-order valence-corrected chi connectivity index (χ2v) is 3.76. The van der Waals surface area contributed by atoms with Crippen molar-refractivity contribution in [1.29, 1.82) is 0 Å². The van der Waals surface area contributed by atoms with E-state index in [0.29, 0.717) is 5.56 Å². The van der Waals surface area contributed by atoms with Crippen molar-refractivity contribution in [3.05, 3.63) is 34.1 Å². The highest BCUT2D eigenvalue weighted by molar-refractivity contribution is 6.31. The lowest BCUT2D eigenvalue weighted by Crippen LogP contribution is -2.28. The molecule has 0 saturated heterocycles. The molecule has 88 valence electrons. The second-order valence-electron chi connectivity index (χ2n) is 3.35. The Morgan fingerprint density at radius 1 is 1.44 bits per heavy atom. The van der Waals surface area contributed by atoms with Crippen LogP contribution in [0.15, 0.2) is 12.1 Å². The van der Waals surface area contributed by atoms with Crippen LogP contribution in [0.2, 0.25) is 5.02 Å². The number of aliphatic hydroxyl groups is 2. The monoisotopic (exact) mass is 248 g/mol. The predicted octanol–water partition coefficient (Wildman–Crippen LogP) is 1.27. The largest absolute Gasteiger partial charge is 0.479 e. The minimum atomic E-state index is -2.09. The van der Waals surface area contributed by atoms with E-state index in [0.717, 1.165) is 12.1 Å². The van der Waals surface area contributed by atoms with Crippen LogP contribution in [0, 0.1) is 12.7 Å². The summed E-state index contributed by atoms with van der Waals surface area (Å²) in [6.07, 6.45) is -3.94. The van der Waals surface area contributed by atoms with Crippen LogP contribution in [0.4, 0.5) is 4.39 Å². The third kappa shape index (κ3) is 2.49. The zero-order chi connectivity index (χ0) is 12.5.